The third-order valence-corrected chi connectivity index (χ3v) is 3.23. The fraction of sp³-hybridized carbons (Fsp3) is 0.462. The van der Waals surface area contributed by atoms with E-state index in [0.717, 1.165) is 31.2 Å². The Morgan fingerprint density at radius 3 is 2.20 bits per heavy atom. The molecule has 2 nitrogen and oxygen atoms in total. The Morgan fingerprint density at radius 1 is 1.07 bits per heavy atom. The molecule has 0 radical (unpaired) electrons. The molecule has 0 atom stereocenters. The van der Waals surface area contributed by atoms with Crippen LogP contribution in [0.2, 0.25) is 0 Å². The fourth-order valence-electron chi connectivity index (χ4n) is 2.28. The topological polar surface area (TPSA) is 44.0 Å². The standard InChI is InChI=1S/C13H15NO/c14-10-11-4-6-12(7-5-11)13(15)8-2-1-3-9-13/h4-7,15H,1-3,8-9H2. The summed E-state index contributed by atoms with van der Waals surface area (Å²) in [5.74, 6) is 0. The van der Waals surface area contributed by atoms with E-state index in [4.69, 9.17) is 5.26 Å². The molecule has 78 valence electrons. The van der Waals surface area contributed by atoms with Crippen molar-refractivity contribution < 1.29 is 5.11 Å². The van der Waals surface area contributed by atoms with Crippen LogP contribution in [0.3, 0.4) is 0 Å². The zero-order chi connectivity index (χ0) is 10.7. The van der Waals surface area contributed by atoms with Crippen molar-refractivity contribution in [3.8, 4) is 6.07 Å². The van der Waals surface area contributed by atoms with E-state index in [0.29, 0.717) is 5.56 Å². The van der Waals surface area contributed by atoms with Gasteiger partial charge in [0.1, 0.15) is 0 Å². The van der Waals surface area contributed by atoms with Crippen molar-refractivity contribution in [1.29, 1.82) is 5.26 Å². The number of rotatable bonds is 1. The summed E-state index contributed by atoms with van der Waals surface area (Å²) < 4.78 is 0. The second-order valence-corrected chi connectivity index (χ2v) is 4.28. The maximum absolute atomic E-state index is 10.4. The SMILES string of the molecule is N#Cc1ccc(C2(O)CCCCC2)cc1. The van der Waals surface area contributed by atoms with E-state index >= 15 is 0 Å². The molecule has 1 saturated carbocycles. The minimum atomic E-state index is -0.647. The number of nitriles is 1. The van der Waals surface area contributed by atoms with Crippen LogP contribution in [-0.2, 0) is 5.60 Å². The molecule has 2 heteroatoms. The monoisotopic (exact) mass is 201 g/mol. The van der Waals surface area contributed by atoms with Crippen molar-refractivity contribution in [2.45, 2.75) is 37.7 Å². The molecule has 0 aromatic heterocycles. The largest absolute Gasteiger partial charge is 0.385 e. The maximum atomic E-state index is 10.4. The van der Waals surface area contributed by atoms with Gasteiger partial charge in [-0.3, -0.25) is 0 Å². The third kappa shape index (κ3) is 2.03. The van der Waals surface area contributed by atoms with Gasteiger partial charge in [-0.05, 0) is 30.5 Å². The van der Waals surface area contributed by atoms with E-state index in [1.807, 2.05) is 12.1 Å². The highest BCUT2D eigenvalue weighted by Crippen LogP contribution is 2.36. The summed E-state index contributed by atoms with van der Waals surface area (Å²) >= 11 is 0. The highest BCUT2D eigenvalue weighted by atomic mass is 16.3. The minimum absolute atomic E-state index is 0.647. The lowest BCUT2D eigenvalue weighted by Gasteiger charge is -2.32. The smallest absolute Gasteiger partial charge is 0.0991 e. The van der Waals surface area contributed by atoms with Crippen LogP contribution in [0.5, 0.6) is 0 Å². The molecule has 2 rings (SSSR count). The zero-order valence-corrected chi connectivity index (χ0v) is 8.74. The quantitative estimate of drug-likeness (QED) is 0.759. The first kappa shape index (κ1) is 10.2. The Balaban J connectivity index is 2.24. The highest BCUT2D eigenvalue weighted by Gasteiger charge is 2.30. The number of benzene rings is 1. The second kappa shape index (κ2) is 4.04. The van der Waals surface area contributed by atoms with E-state index in [1.54, 1.807) is 12.1 Å². The molecule has 1 aliphatic carbocycles. The summed E-state index contributed by atoms with van der Waals surface area (Å²) in [6.07, 6.45) is 5.10. The molecule has 1 N–H and O–H groups in total. The summed E-state index contributed by atoms with van der Waals surface area (Å²) in [6.45, 7) is 0. The molecule has 0 unspecified atom stereocenters. The number of nitrogens with zero attached hydrogens (tertiary/aromatic N) is 1. The van der Waals surface area contributed by atoms with Crippen LogP contribution in [-0.4, -0.2) is 5.11 Å². The molecule has 1 aromatic carbocycles. The van der Waals surface area contributed by atoms with Gasteiger partial charge in [-0.1, -0.05) is 31.4 Å². The van der Waals surface area contributed by atoms with E-state index in [1.165, 1.54) is 6.42 Å². The van der Waals surface area contributed by atoms with Gasteiger partial charge in [-0.2, -0.15) is 5.26 Å². The van der Waals surface area contributed by atoms with E-state index < -0.39 is 5.60 Å². The minimum Gasteiger partial charge on any atom is -0.385 e. The van der Waals surface area contributed by atoms with Gasteiger partial charge in [0.15, 0.2) is 0 Å². The van der Waals surface area contributed by atoms with Crippen molar-refractivity contribution in [2.75, 3.05) is 0 Å². The zero-order valence-electron chi connectivity index (χ0n) is 8.74. The number of aliphatic hydroxyl groups is 1. The van der Waals surface area contributed by atoms with Gasteiger partial charge in [0.25, 0.3) is 0 Å². The summed E-state index contributed by atoms with van der Waals surface area (Å²) in [7, 11) is 0. The fourth-order valence-corrected chi connectivity index (χ4v) is 2.28. The molecule has 0 amide bonds. The Bertz CT molecular complexity index is 369. The molecule has 0 heterocycles. The van der Waals surface area contributed by atoms with E-state index in [2.05, 4.69) is 6.07 Å². The van der Waals surface area contributed by atoms with Crippen LogP contribution >= 0.6 is 0 Å². The molecular formula is C13H15NO. The molecule has 0 saturated heterocycles. The highest BCUT2D eigenvalue weighted by molar-refractivity contribution is 5.34. The predicted molar refractivity (Wildman–Crippen MR) is 58.1 cm³/mol. The van der Waals surface area contributed by atoms with Crippen LogP contribution in [0.4, 0.5) is 0 Å². The lowest BCUT2D eigenvalue weighted by molar-refractivity contribution is -0.000626. The Labute approximate surface area is 90.2 Å². The Morgan fingerprint density at radius 2 is 1.67 bits per heavy atom. The van der Waals surface area contributed by atoms with Crippen molar-refractivity contribution in [3.05, 3.63) is 35.4 Å². The second-order valence-electron chi connectivity index (χ2n) is 4.28. The Hall–Kier alpha value is -1.33. The number of hydrogen-bond acceptors (Lipinski definition) is 2. The van der Waals surface area contributed by atoms with E-state index in [9.17, 15) is 5.11 Å². The van der Waals surface area contributed by atoms with Crippen LogP contribution in [0.25, 0.3) is 0 Å². The average Bonchev–Trinajstić information content (AvgIpc) is 2.30. The normalized spacial score (nSPS) is 19.5. The van der Waals surface area contributed by atoms with Crippen LogP contribution in [0.1, 0.15) is 43.2 Å². The van der Waals surface area contributed by atoms with Crippen molar-refractivity contribution in [3.63, 3.8) is 0 Å². The van der Waals surface area contributed by atoms with Gasteiger partial charge >= 0.3 is 0 Å². The molecule has 0 aliphatic heterocycles. The van der Waals surface area contributed by atoms with Crippen molar-refractivity contribution >= 4 is 0 Å². The molecule has 0 spiro atoms. The van der Waals surface area contributed by atoms with E-state index in [-0.39, 0.29) is 0 Å². The summed E-state index contributed by atoms with van der Waals surface area (Å²) in [4.78, 5) is 0. The Kier molecular flexibility index (Phi) is 2.75. The van der Waals surface area contributed by atoms with Gasteiger partial charge in [0, 0.05) is 0 Å². The molecular weight excluding hydrogens is 186 g/mol. The molecule has 1 aliphatic rings. The summed E-state index contributed by atoms with van der Waals surface area (Å²) in [5, 5.41) is 19.1. The molecule has 1 aromatic rings. The third-order valence-electron chi connectivity index (χ3n) is 3.23. The van der Waals surface area contributed by atoms with Crippen molar-refractivity contribution in [1.82, 2.24) is 0 Å². The van der Waals surface area contributed by atoms with Gasteiger partial charge in [-0.25, -0.2) is 0 Å². The summed E-state index contributed by atoms with van der Waals surface area (Å²) in [6, 6.07) is 9.41. The lowest BCUT2D eigenvalue weighted by atomic mass is 9.79. The van der Waals surface area contributed by atoms with Gasteiger partial charge in [0.05, 0.1) is 17.2 Å². The molecule has 15 heavy (non-hydrogen) atoms. The van der Waals surface area contributed by atoms with Crippen molar-refractivity contribution in [2.24, 2.45) is 0 Å². The first-order chi connectivity index (χ1) is 7.24. The first-order valence-electron chi connectivity index (χ1n) is 5.48. The molecule has 0 bridgehead atoms. The number of hydrogen-bond donors (Lipinski definition) is 1. The average molecular weight is 201 g/mol. The molecule has 1 fully saturated rings. The predicted octanol–water partition coefficient (Wildman–Crippen LogP) is 2.71. The van der Waals surface area contributed by atoms with Crippen LogP contribution in [0.15, 0.2) is 24.3 Å². The van der Waals surface area contributed by atoms with Gasteiger partial charge in [0.2, 0.25) is 0 Å². The van der Waals surface area contributed by atoms with Crippen LogP contribution < -0.4 is 0 Å². The van der Waals surface area contributed by atoms with Gasteiger partial charge < -0.3 is 5.11 Å². The van der Waals surface area contributed by atoms with Crippen LogP contribution in [0, 0.1) is 11.3 Å². The first-order valence-corrected chi connectivity index (χ1v) is 5.48. The van der Waals surface area contributed by atoms with Gasteiger partial charge in [-0.15, -0.1) is 0 Å². The maximum Gasteiger partial charge on any atom is 0.0991 e. The lowest BCUT2D eigenvalue weighted by Crippen LogP contribution is -2.28. The summed E-state index contributed by atoms with van der Waals surface area (Å²) in [5.41, 5.74) is 0.964.